The number of imidazole rings is 1. The Hall–Kier alpha value is -2.14. The molecule has 24 heavy (non-hydrogen) atoms. The van der Waals surface area contributed by atoms with E-state index >= 15 is 0 Å². The van der Waals surface area contributed by atoms with Gasteiger partial charge in [-0.2, -0.15) is 0 Å². The highest BCUT2D eigenvalue weighted by molar-refractivity contribution is 7.17. The number of likely N-dealkylation sites (tertiary alicyclic amines) is 1. The molecular formula is C19H21N3OS. The van der Waals surface area contributed by atoms with Crippen molar-refractivity contribution in [3.05, 3.63) is 41.3 Å². The van der Waals surface area contributed by atoms with Crippen molar-refractivity contribution in [3.8, 4) is 10.7 Å². The van der Waals surface area contributed by atoms with Crippen molar-refractivity contribution in [1.29, 1.82) is 0 Å². The predicted molar refractivity (Wildman–Crippen MR) is 98.4 cm³/mol. The molecule has 0 spiro atoms. The summed E-state index contributed by atoms with van der Waals surface area (Å²) in [5.74, 6) is 1.10. The summed E-state index contributed by atoms with van der Waals surface area (Å²) in [6, 6.07) is 12.1. The van der Waals surface area contributed by atoms with E-state index in [1.165, 1.54) is 12.8 Å². The van der Waals surface area contributed by atoms with Crippen molar-refractivity contribution < 1.29 is 4.79 Å². The zero-order valence-electron chi connectivity index (χ0n) is 13.9. The van der Waals surface area contributed by atoms with E-state index in [-0.39, 0.29) is 5.91 Å². The van der Waals surface area contributed by atoms with Gasteiger partial charge >= 0.3 is 0 Å². The average Bonchev–Trinajstić information content (AvgIpc) is 3.10. The minimum atomic E-state index is 0.173. The molecule has 1 fully saturated rings. The predicted octanol–water partition coefficient (Wildman–Crippen LogP) is 4.32. The second-order valence-electron chi connectivity index (χ2n) is 6.35. The summed E-state index contributed by atoms with van der Waals surface area (Å²) in [5, 5.41) is 0. The highest BCUT2D eigenvalue weighted by atomic mass is 32.1. The van der Waals surface area contributed by atoms with Crippen molar-refractivity contribution in [2.75, 3.05) is 13.1 Å². The summed E-state index contributed by atoms with van der Waals surface area (Å²) in [5.41, 5.74) is 2.10. The molecule has 124 valence electrons. The van der Waals surface area contributed by atoms with Crippen LogP contribution in [0, 0.1) is 0 Å². The number of benzene rings is 1. The zero-order chi connectivity index (χ0) is 16.5. The molecule has 2 aromatic heterocycles. The first-order valence-electron chi connectivity index (χ1n) is 8.55. The van der Waals surface area contributed by atoms with Gasteiger partial charge in [0.2, 0.25) is 0 Å². The molecule has 1 aliphatic rings. The monoisotopic (exact) mass is 339 g/mol. The topological polar surface area (TPSA) is 38.1 Å². The van der Waals surface area contributed by atoms with E-state index in [4.69, 9.17) is 4.98 Å². The van der Waals surface area contributed by atoms with Crippen LogP contribution in [0.4, 0.5) is 0 Å². The summed E-state index contributed by atoms with van der Waals surface area (Å²) >= 11 is 1.55. The van der Waals surface area contributed by atoms with Gasteiger partial charge in [0.25, 0.3) is 5.91 Å². The Morgan fingerprint density at radius 2 is 1.79 bits per heavy atom. The Morgan fingerprint density at radius 3 is 2.54 bits per heavy atom. The van der Waals surface area contributed by atoms with E-state index in [1.54, 1.807) is 11.3 Å². The number of nitrogens with zero attached hydrogens (tertiary/aromatic N) is 3. The molecule has 0 atom stereocenters. The minimum absolute atomic E-state index is 0.173. The molecule has 3 aromatic rings. The molecule has 4 nitrogen and oxygen atoms in total. The average molecular weight is 339 g/mol. The molecule has 1 amide bonds. The second-order valence-corrected chi connectivity index (χ2v) is 7.44. The molecule has 5 heteroatoms. The minimum Gasteiger partial charge on any atom is -0.338 e. The van der Waals surface area contributed by atoms with Crippen LogP contribution in [0.15, 0.2) is 36.4 Å². The molecule has 3 heterocycles. The number of amides is 1. The number of aryl methyl sites for hydroxylation is 1. The van der Waals surface area contributed by atoms with Crippen molar-refractivity contribution in [2.24, 2.45) is 7.05 Å². The molecule has 0 unspecified atom stereocenters. The second kappa shape index (κ2) is 6.40. The Balaban J connectivity index is 1.64. The quantitative estimate of drug-likeness (QED) is 0.697. The van der Waals surface area contributed by atoms with Crippen molar-refractivity contribution in [3.63, 3.8) is 0 Å². The van der Waals surface area contributed by atoms with Crippen LogP contribution in [0.1, 0.15) is 35.4 Å². The van der Waals surface area contributed by atoms with Crippen molar-refractivity contribution >= 4 is 28.3 Å². The number of aromatic nitrogens is 2. The first-order chi connectivity index (χ1) is 11.7. The number of rotatable bonds is 2. The number of carbonyl (C=O) groups is 1. The first kappa shape index (κ1) is 15.4. The maximum Gasteiger partial charge on any atom is 0.263 e. The third-order valence-corrected chi connectivity index (χ3v) is 5.79. The van der Waals surface area contributed by atoms with Crippen LogP contribution in [0.5, 0.6) is 0 Å². The van der Waals surface area contributed by atoms with Gasteiger partial charge in [-0.15, -0.1) is 11.3 Å². The Labute approximate surface area is 145 Å². The molecule has 0 radical (unpaired) electrons. The van der Waals surface area contributed by atoms with E-state index in [1.807, 2.05) is 42.3 Å². The van der Waals surface area contributed by atoms with Gasteiger partial charge in [0, 0.05) is 20.1 Å². The summed E-state index contributed by atoms with van der Waals surface area (Å²) in [4.78, 5) is 21.4. The van der Waals surface area contributed by atoms with Gasteiger partial charge < -0.3 is 9.47 Å². The standard InChI is InChI=1S/C19H21N3OS/c1-21-15-9-5-4-8-14(15)20-18(21)16-10-11-17(24-16)19(23)22-12-6-2-3-7-13-22/h4-5,8-11H,2-3,6-7,12-13H2,1H3. The lowest BCUT2D eigenvalue weighted by atomic mass is 10.2. The largest absolute Gasteiger partial charge is 0.338 e. The van der Waals surface area contributed by atoms with Gasteiger partial charge in [0.15, 0.2) is 5.82 Å². The van der Waals surface area contributed by atoms with E-state index < -0.39 is 0 Å². The summed E-state index contributed by atoms with van der Waals surface area (Å²) in [6.07, 6.45) is 4.71. The zero-order valence-corrected chi connectivity index (χ0v) is 14.7. The molecule has 0 aliphatic carbocycles. The van der Waals surface area contributed by atoms with Crippen molar-refractivity contribution in [1.82, 2.24) is 14.5 Å². The van der Waals surface area contributed by atoms with Gasteiger partial charge in [-0.25, -0.2) is 4.98 Å². The van der Waals surface area contributed by atoms with Crippen molar-refractivity contribution in [2.45, 2.75) is 25.7 Å². The first-order valence-corrected chi connectivity index (χ1v) is 9.36. The van der Waals surface area contributed by atoms with Gasteiger partial charge in [0.1, 0.15) is 0 Å². The van der Waals surface area contributed by atoms with Crippen LogP contribution in [-0.2, 0) is 7.05 Å². The van der Waals surface area contributed by atoms with E-state index in [0.717, 1.165) is 52.5 Å². The highest BCUT2D eigenvalue weighted by Crippen LogP contribution is 2.30. The van der Waals surface area contributed by atoms with E-state index in [9.17, 15) is 4.79 Å². The van der Waals surface area contributed by atoms with Crippen LogP contribution in [0.2, 0.25) is 0 Å². The summed E-state index contributed by atoms with van der Waals surface area (Å²) < 4.78 is 2.10. The molecule has 1 saturated heterocycles. The maximum absolute atomic E-state index is 12.8. The number of para-hydroxylation sites is 2. The maximum atomic E-state index is 12.8. The molecular weight excluding hydrogens is 318 g/mol. The van der Waals surface area contributed by atoms with E-state index in [2.05, 4.69) is 10.6 Å². The van der Waals surface area contributed by atoms with Crippen LogP contribution >= 0.6 is 11.3 Å². The fraction of sp³-hybridized carbons (Fsp3) is 0.368. The highest BCUT2D eigenvalue weighted by Gasteiger charge is 2.20. The van der Waals surface area contributed by atoms with Crippen LogP contribution < -0.4 is 0 Å². The Bertz CT molecular complexity index is 872. The number of fused-ring (bicyclic) bond motifs is 1. The Kier molecular flexibility index (Phi) is 4.10. The fourth-order valence-corrected chi connectivity index (χ4v) is 4.37. The third kappa shape index (κ3) is 2.73. The summed E-state index contributed by atoms with van der Waals surface area (Å²) in [6.45, 7) is 1.77. The molecule has 0 N–H and O–H groups in total. The lowest BCUT2D eigenvalue weighted by Gasteiger charge is -2.19. The third-order valence-electron chi connectivity index (χ3n) is 4.72. The van der Waals surface area contributed by atoms with E-state index in [0.29, 0.717) is 0 Å². The molecule has 1 aromatic carbocycles. The molecule has 1 aliphatic heterocycles. The number of carbonyl (C=O) groups excluding carboxylic acids is 1. The number of thiophene rings is 1. The van der Waals surface area contributed by atoms with Gasteiger partial charge in [-0.3, -0.25) is 4.79 Å². The van der Waals surface area contributed by atoms with Crippen LogP contribution in [0.25, 0.3) is 21.7 Å². The fourth-order valence-electron chi connectivity index (χ4n) is 3.37. The lowest BCUT2D eigenvalue weighted by Crippen LogP contribution is -2.31. The van der Waals surface area contributed by atoms with Gasteiger partial charge in [-0.1, -0.05) is 25.0 Å². The normalized spacial score (nSPS) is 15.6. The van der Waals surface area contributed by atoms with Crippen LogP contribution in [-0.4, -0.2) is 33.4 Å². The smallest absolute Gasteiger partial charge is 0.263 e. The van der Waals surface area contributed by atoms with Crippen LogP contribution in [0.3, 0.4) is 0 Å². The number of hydrogen-bond donors (Lipinski definition) is 0. The summed E-state index contributed by atoms with van der Waals surface area (Å²) in [7, 11) is 2.03. The molecule has 4 rings (SSSR count). The number of hydrogen-bond acceptors (Lipinski definition) is 3. The SMILES string of the molecule is Cn1c(-c2ccc(C(=O)N3CCCCCC3)s2)nc2ccccc21. The molecule has 0 saturated carbocycles. The lowest BCUT2D eigenvalue weighted by molar-refractivity contribution is 0.0766. The Morgan fingerprint density at radius 1 is 1.04 bits per heavy atom. The van der Waals surface area contributed by atoms with Gasteiger partial charge in [0.05, 0.1) is 20.8 Å². The molecule has 0 bridgehead atoms. The van der Waals surface area contributed by atoms with Gasteiger partial charge in [-0.05, 0) is 37.1 Å².